The molecule has 0 heterocycles. The molecule has 0 fully saturated rings. The molecule has 0 aromatic heterocycles. The summed E-state index contributed by atoms with van der Waals surface area (Å²) in [6, 6.07) is 5.35. The summed E-state index contributed by atoms with van der Waals surface area (Å²) in [7, 11) is 0. The van der Waals surface area contributed by atoms with Gasteiger partial charge in [-0.3, -0.25) is 0 Å². The zero-order valence-corrected chi connectivity index (χ0v) is 13.5. The summed E-state index contributed by atoms with van der Waals surface area (Å²) < 4.78 is 0. The number of hydrogen-bond donors (Lipinski definition) is 1. The van der Waals surface area contributed by atoms with Crippen LogP contribution >= 0.6 is 0 Å². The molecule has 1 nitrogen and oxygen atoms in total. The topological polar surface area (TPSA) is 12.0 Å². The van der Waals surface area contributed by atoms with Gasteiger partial charge in [0, 0.05) is 12.6 Å². The number of benzene rings is 1. The van der Waals surface area contributed by atoms with E-state index in [9.17, 15) is 0 Å². The minimum atomic E-state index is 0.686. The van der Waals surface area contributed by atoms with Gasteiger partial charge in [-0.2, -0.15) is 0 Å². The van der Waals surface area contributed by atoms with Crippen LogP contribution in [0.15, 0.2) is 12.1 Å². The van der Waals surface area contributed by atoms with E-state index in [-0.39, 0.29) is 0 Å². The zero-order valence-electron chi connectivity index (χ0n) is 13.5. The van der Waals surface area contributed by atoms with Crippen molar-refractivity contribution in [2.75, 3.05) is 0 Å². The lowest BCUT2D eigenvalue weighted by molar-refractivity contribution is 0.433. The number of hydrogen-bond acceptors (Lipinski definition) is 1. The predicted octanol–water partition coefficient (Wildman–Crippen LogP) is 5.06. The van der Waals surface area contributed by atoms with E-state index in [0.29, 0.717) is 6.04 Å². The van der Waals surface area contributed by atoms with Crippen molar-refractivity contribution < 1.29 is 0 Å². The third-order valence-electron chi connectivity index (χ3n) is 4.08. The van der Waals surface area contributed by atoms with Crippen LogP contribution in [-0.2, 0) is 6.54 Å². The van der Waals surface area contributed by atoms with Gasteiger partial charge in [-0.05, 0) is 55.9 Å². The monoisotopic (exact) mass is 261 g/mol. The minimum absolute atomic E-state index is 0.686. The first-order chi connectivity index (χ1) is 9.08. The van der Waals surface area contributed by atoms with Crippen LogP contribution in [0.2, 0.25) is 0 Å². The second-order valence-electron chi connectivity index (χ2n) is 5.87. The first-order valence-electron chi connectivity index (χ1n) is 7.88. The summed E-state index contributed by atoms with van der Waals surface area (Å²) >= 11 is 0. The first kappa shape index (κ1) is 16.2. The molecule has 0 aliphatic carbocycles. The predicted molar refractivity (Wildman–Crippen MR) is 85.7 cm³/mol. The van der Waals surface area contributed by atoms with Crippen LogP contribution < -0.4 is 5.32 Å². The summed E-state index contributed by atoms with van der Waals surface area (Å²) in [4.78, 5) is 0. The van der Waals surface area contributed by atoms with Crippen LogP contribution in [0.1, 0.15) is 68.2 Å². The van der Waals surface area contributed by atoms with Crippen LogP contribution in [-0.4, -0.2) is 6.04 Å². The molecule has 0 bridgehead atoms. The van der Waals surface area contributed by atoms with Crippen LogP contribution in [0.3, 0.4) is 0 Å². The molecule has 1 atom stereocenters. The van der Waals surface area contributed by atoms with Crippen molar-refractivity contribution in [3.63, 3.8) is 0 Å². The van der Waals surface area contributed by atoms with E-state index in [1.165, 1.54) is 54.4 Å². The Balaban J connectivity index is 2.60. The Morgan fingerprint density at radius 1 is 0.895 bits per heavy atom. The Kier molecular flexibility index (Phi) is 7.15. The van der Waals surface area contributed by atoms with E-state index in [2.05, 4.69) is 52.1 Å². The van der Waals surface area contributed by atoms with Crippen molar-refractivity contribution in [3.8, 4) is 0 Å². The van der Waals surface area contributed by atoms with E-state index in [1.807, 2.05) is 0 Å². The Hall–Kier alpha value is -0.820. The van der Waals surface area contributed by atoms with E-state index in [4.69, 9.17) is 0 Å². The summed E-state index contributed by atoms with van der Waals surface area (Å²) in [5, 5.41) is 3.76. The van der Waals surface area contributed by atoms with Gasteiger partial charge in [-0.15, -0.1) is 0 Å². The second-order valence-corrected chi connectivity index (χ2v) is 5.87. The van der Waals surface area contributed by atoms with Crippen molar-refractivity contribution in [1.29, 1.82) is 0 Å². The molecule has 1 unspecified atom stereocenters. The molecule has 0 radical (unpaired) electrons. The lowest BCUT2D eigenvalue weighted by Crippen LogP contribution is -2.28. The average molecular weight is 261 g/mol. The molecule has 1 aromatic rings. The van der Waals surface area contributed by atoms with Crippen molar-refractivity contribution in [3.05, 3.63) is 34.4 Å². The van der Waals surface area contributed by atoms with Crippen LogP contribution in [0, 0.1) is 20.8 Å². The molecule has 1 N–H and O–H groups in total. The maximum Gasteiger partial charge on any atom is 0.0210 e. The molecule has 108 valence electrons. The number of aryl methyl sites for hydroxylation is 3. The van der Waals surface area contributed by atoms with Gasteiger partial charge in [0.2, 0.25) is 0 Å². The van der Waals surface area contributed by atoms with E-state index in [0.717, 1.165) is 6.54 Å². The third-order valence-corrected chi connectivity index (χ3v) is 4.08. The normalized spacial score (nSPS) is 12.7. The van der Waals surface area contributed by atoms with Crippen LogP contribution in [0.5, 0.6) is 0 Å². The smallest absolute Gasteiger partial charge is 0.0210 e. The van der Waals surface area contributed by atoms with Gasteiger partial charge >= 0.3 is 0 Å². The SMILES string of the molecule is CCCCC(CCC)NCc1cc(C)c(C)cc1C. The van der Waals surface area contributed by atoms with E-state index >= 15 is 0 Å². The van der Waals surface area contributed by atoms with Gasteiger partial charge in [-0.1, -0.05) is 45.2 Å². The summed E-state index contributed by atoms with van der Waals surface area (Å²) in [6.07, 6.45) is 6.51. The number of nitrogens with one attached hydrogen (secondary N) is 1. The zero-order chi connectivity index (χ0) is 14.3. The third kappa shape index (κ3) is 5.36. The maximum absolute atomic E-state index is 3.76. The molecule has 0 saturated heterocycles. The average Bonchev–Trinajstić information content (AvgIpc) is 2.38. The standard InChI is InChI=1S/C18H31N/c1-6-8-10-18(9-7-2)19-13-17-12-15(4)14(3)11-16(17)5/h11-12,18-19H,6-10,13H2,1-5H3. The van der Waals surface area contributed by atoms with Gasteiger partial charge in [0.05, 0.1) is 0 Å². The molecule has 0 amide bonds. The van der Waals surface area contributed by atoms with Crippen molar-refractivity contribution in [2.24, 2.45) is 0 Å². The molecule has 0 saturated carbocycles. The van der Waals surface area contributed by atoms with Gasteiger partial charge in [-0.25, -0.2) is 0 Å². The highest BCUT2D eigenvalue weighted by molar-refractivity contribution is 5.36. The van der Waals surface area contributed by atoms with Crippen LogP contribution in [0.25, 0.3) is 0 Å². The van der Waals surface area contributed by atoms with Crippen molar-refractivity contribution >= 4 is 0 Å². The molecule has 0 aliphatic heterocycles. The molecule has 0 aliphatic rings. The van der Waals surface area contributed by atoms with Gasteiger partial charge < -0.3 is 5.32 Å². The quantitative estimate of drug-likeness (QED) is 0.689. The van der Waals surface area contributed by atoms with Crippen molar-refractivity contribution in [1.82, 2.24) is 5.32 Å². The van der Waals surface area contributed by atoms with Gasteiger partial charge in [0.1, 0.15) is 0 Å². The summed E-state index contributed by atoms with van der Waals surface area (Å²) in [6.45, 7) is 12.2. The molecular weight excluding hydrogens is 230 g/mol. The summed E-state index contributed by atoms with van der Waals surface area (Å²) in [5.74, 6) is 0. The maximum atomic E-state index is 3.76. The Morgan fingerprint density at radius 2 is 1.58 bits per heavy atom. The fraction of sp³-hybridized carbons (Fsp3) is 0.667. The second kappa shape index (κ2) is 8.37. The van der Waals surface area contributed by atoms with E-state index < -0.39 is 0 Å². The van der Waals surface area contributed by atoms with Crippen LogP contribution in [0.4, 0.5) is 0 Å². The van der Waals surface area contributed by atoms with Gasteiger partial charge in [0.25, 0.3) is 0 Å². The highest BCUT2D eigenvalue weighted by Gasteiger charge is 2.08. The summed E-state index contributed by atoms with van der Waals surface area (Å²) in [5.41, 5.74) is 5.68. The van der Waals surface area contributed by atoms with Crippen molar-refractivity contribution in [2.45, 2.75) is 79.3 Å². The molecular formula is C18H31N. The highest BCUT2D eigenvalue weighted by Crippen LogP contribution is 2.16. The Labute approximate surface area is 119 Å². The fourth-order valence-electron chi connectivity index (χ4n) is 2.61. The first-order valence-corrected chi connectivity index (χ1v) is 7.88. The highest BCUT2D eigenvalue weighted by atomic mass is 14.9. The molecule has 19 heavy (non-hydrogen) atoms. The van der Waals surface area contributed by atoms with Gasteiger partial charge in [0.15, 0.2) is 0 Å². The molecule has 1 aromatic carbocycles. The minimum Gasteiger partial charge on any atom is -0.310 e. The Bertz CT molecular complexity index is 382. The Morgan fingerprint density at radius 3 is 2.21 bits per heavy atom. The fourth-order valence-corrected chi connectivity index (χ4v) is 2.61. The molecule has 0 spiro atoms. The lowest BCUT2D eigenvalue weighted by atomic mass is 9.99. The molecule has 1 heteroatoms. The lowest BCUT2D eigenvalue weighted by Gasteiger charge is -2.19. The largest absolute Gasteiger partial charge is 0.310 e. The molecule has 1 rings (SSSR count). The van der Waals surface area contributed by atoms with E-state index in [1.54, 1.807) is 0 Å². The number of unbranched alkanes of at least 4 members (excludes halogenated alkanes) is 1. The number of rotatable bonds is 8.